The molecule has 0 radical (unpaired) electrons. The molecule has 0 spiro atoms. The Kier molecular flexibility index (Phi) is 9.22. The number of aliphatic hydroxyl groups is 8. The highest BCUT2D eigenvalue weighted by molar-refractivity contribution is 5.82. The van der Waals surface area contributed by atoms with E-state index in [0.29, 0.717) is 11.3 Å². The van der Waals surface area contributed by atoms with Crippen molar-refractivity contribution in [3.8, 4) is 0 Å². The fraction of sp³-hybridized carbons (Fsp3) is 0.682. The van der Waals surface area contributed by atoms with Crippen molar-refractivity contribution in [2.45, 2.75) is 68.3 Å². The monoisotopic (exact) mass is 543 g/mol. The van der Waals surface area contributed by atoms with Crippen LogP contribution in [0.25, 0.3) is 11.2 Å². The normalized spacial score (nSPS) is 36.5. The van der Waals surface area contributed by atoms with Crippen LogP contribution in [-0.4, -0.2) is 142 Å². The summed E-state index contributed by atoms with van der Waals surface area (Å²) in [6, 6.07) is 0. The number of aliphatic hydroxyl groups excluding tert-OH is 8. The topological polar surface area (TPSA) is 245 Å². The predicted octanol–water partition coefficient (Wildman–Crippen LogP) is -4.03. The summed E-state index contributed by atoms with van der Waals surface area (Å²) in [5, 5.41) is 82.1. The molecule has 2 aliphatic heterocycles. The Morgan fingerprint density at radius 2 is 1.58 bits per heavy atom. The maximum Gasteiger partial charge on any atom is 0.187 e. The molecule has 0 aliphatic carbocycles. The number of ether oxygens (including phenoxy) is 3. The lowest BCUT2D eigenvalue weighted by molar-refractivity contribution is -0.299. The Balaban J connectivity index is 1.39. The van der Waals surface area contributed by atoms with Gasteiger partial charge in [0.1, 0.15) is 55.2 Å². The lowest BCUT2D eigenvalue weighted by Gasteiger charge is -2.40. The molecule has 2 saturated heterocycles. The number of aromatic nitrogens is 4. The number of nitrogens with one attached hydrogen (secondary N) is 1. The molecule has 0 aromatic carbocycles. The summed E-state index contributed by atoms with van der Waals surface area (Å²) in [7, 11) is 0. The van der Waals surface area contributed by atoms with Crippen LogP contribution >= 0.6 is 0 Å². The van der Waals surface area contributed by atoms with Gasteiger partial charge in [0.15, 0.2) is 29.5 Å². The van der Waals surface area contributed by atoms with Crippen LogP contribution in [0.4, 0.5) is 5.82 Å². The molecule has 0 amide bonds. The minimum atomic E-state index is -1.55. The maximum atomic E-state index is 10.4. The molecule has 0 bridgehead atoms. The summed E-state index contributed by atoms with van der Waals surface area (Å²) >= 11 is 0. The van der Waals surface area contributed by atoms with E-state index in [9.17, 15) is 40.9 Å². The van der Waals surface area contributed by atoms with Gasteiger partial charge in [-0.3, -0.25) is 4.57 Å². The zero-order valence-electron chi connectivity index (χ0n) is 20.4. The molecule has 16 heteroatoms. The summed E-state index contributed by atoms with van der Waals surface area (Å²) in [5.41, 5.74) is 1.35. The number of nitrogens with zero attached hydrogens (tertiary/aromatic N) is 4. The third-order valence-electron chi connectivity index (χ3n) is 6.54. The van der Waals surface area contributed by atoms with E-state index >= 15 is 0 Å². The molecule has 0 saturated carbocycles. The first kappa shape index (κ1) is 28.7. The van der Waals surface area contributed by atoms with Crippen molar-refractivity contribution in [3.05, 3.63) is 24.3 Å². The first-order chi connectivity index (χ1) is 18.2. The molecule has 0 unspecified atom stereocenters. The molecular formula is C22H33N5O11. The summed E-state index contributed by atoms with van der Waals surface area (Å²) < 4.78 is 17.8. The Morgan fingerprint density at radius 3 is 2.26 bits per heavy atom. The van der Waals surface area contributed by atoms with Crippen molar-refractivity contribution < 1.29 is 55.1 Å². The van der Waals surface area contributed by atoms with Gasteiger partial charge in [0, 0.05) is 6.54 Å². The highest BCUT2D eigenvalue weighted by Gasteiger charge is 2.45. The van der Waals surface area contributed by atoms with Crippen LogP contribution in [0.5, 0.6) is 0 Å². The number of fused-ring (bicyclic) bond motifs is 1. The van der Waals surface area contributed by atoms with Gasteiger partial charge in [-0.15, -0.1) is 0 Å². The predicted molar refractivity (Wildman–Crippen MR) is 126 cm³/mol. The molecule has 2 aromatic heterocycles. The quantitative estimate of drug-likeness (QED) is 0.137. The third-order valence-corrected chi connectivity index (χ3v) is 6.54. The van der Waals surface area contributed by atoms with Crippen LogP contribution in [0.2, 0.25) is 0 Å². The Bertz CT molecular complexity index is 1100. The van der Waals surface area contributed by atoms with Gasteiger partial charge < -0.3 is 60.4 Å². The zero-order chi connectivity index (χ0) is 27.6. The van der Waals surface area contributed by atoms with Crippen molar-refractivity contribution in [2.24, 2.45) is 0 Å². The highest BCUT2D eigenvalue weighted by Crippen LogP contribution is 2.31. The average molecular weight is 544 g/mol. The van der Waals surface area contributed by atoms with E-state index in [-0.39, 0.29) is 18.8 Å². The minimum Gasteiger partial charge on any atom is -0.394 e. The van der Waals surface area contributed by atoms with E-state index in [1.165, 1.54) is 17.2 Å². The van der Waals surface area contributed by atoms with Gasteiger partial charge in [-0.1, -0.05) is 6.08 Å². The second-order valence-electron chi connectivity index (χ2n) is 9.21. The SMILES string of the molecule is C/C(=C\CNc1ncnc2c1ncn2[C@@H]1O[C@H](CO)[C@@H](O)[C@H](O)[C@H]1O)CO[C@H]1O[C@H](CO)[C@@H](O)[C@H](O)[C@H]1O. The van der Waals surface area contributed by atoms with E-state index < -0.39 is 74.6 Å². The van der Waals surface area contributed by atoms with Crippen molar-refractivity contribution in [1.29, 1.82) is 0 Å². The maximum absolute atomic E-state index is 10.4. The lowest BCUT2D eigenvalue weighted by atomic mass is 9.98. The van der Waals surface area contributed by atoms with E-state index in [1.807, 2.05) is 0 Å². The molecule has 212 valence electrons. The van der Waals surface area contributed by atoms with Crippen LogP contribution in [0.15, 0.2) is 24.3 Å². The van der Waals surface area contributed by atoms with Crippen LogP contribution in [0.1, 0.15) is 13.2 Å². The second-order valence-corrected chi connectivity index (χ2v) is 9.21. The minimum absolute atomic E-state index is 0.0231. The van der Waals surface area contributed by atoms with Gasteiger partial charge >= 0.3 is 0 Å². The van der Waals surface area contributed by atoms with Crippen LogP contribution < -0.4 is 5.32 Å². The Morgan fingerprint density at radius 1 is 0.921 bits per heavy atom. The van der Waals surface area contributed by atoms with Gasteiger partial charge in [0.25, 0.3) is 0 Å². The zero-order valence-corrected chi connectivity index (χ0v) is 20.4. The van der Waals surface area contributed by atoms with E-state index in [0.717, 1.165) is 5.57 Å². The van der Waals surface area contributed by atoms with E-state index in [1.54, 1.807) is 13.0 Å². The molecule has 2 aromatic rings. The second kappa shape index (κ2) is 12.2. The first-order valence-corrected chi connectivity index (χ1v) is 12.0. The van der Waals surface area contributed by atoms with Crippen LogP contribution in [0.3, 0.4) is 0 Å². The first-order valence-electron chi connectivity index (χ1n) is 12.0. The number of hydrogen-bond donors (Lipinski definition) is 9. The smallest absolute Gasteiger partial charge is 0.187 e. The number of imidazole rings is 1. The van der Waals surface area contributed by atoms with Gasteiger partial charge in [-0.05, 0) is 12.5 Å². The summed E-state index contributed by atoms with van der Waals surface area (Å²) in [5.74, 6) is 0.359. The van der Waals surface area contributed by atoms with Gasteiger partial charge in [-0.2, -0.15) is 0 Å². The fourth-order valence-electron chi connectivity index (χ4n) is 4.28. The van der Waals surface area contributed by atoms with E-state index in [2.05, 4.69) is 20.3 Å². The lowest BCUT2D eigenvalue weighted by Crippen LogP contribution is -2.59. The van der Waals surface area contributed by atoms with Crippen molar-refractivity contribution in [1.82, 2.24) is 19.5 Å². The van der Waals surface area contributed by atoms with Gasteiger partial charge in [0.2, 0.25) is 0 Å². The molecule has 2 fully saturated rings. The molecule has 10 atom stereocenters. The Hall–Kier alpha value is -2.35. The van der Waals surface area contributed by atoms with E-state index in [4.69, 9.17) is 14.2 Å². The average Bonchev–Trinajstić information content (AvgIpc) is 3.35. The van der Waals surface area contributed by atoms with Crippen molar-refractivity contribution in [2.75, 3.05) is 31.7 Å². The Labute approximate surface area is 216 Å². The summed E-state index contributed by atoms with van der Waals surface area (Å²) in [6.07, 6.45) is -9.23. The highest BCUT2D eigenvalue weighted by atomic mass is 16.7. The van der Waals surface area contributed by atoms with Crippen molar-refractivity contribution in [3.63, 3.8) is 0 Å². The molecule has 4 rings (SSSR count). The fourth-order valence-corrected chi connectivity index (χ4v) is 4.28. The van der Waals surface area contributed by atoms with Crippen LogP contribution in [-0.2, 0) is 14.2 Å². The van der Waals surface area contributed by atoms with Crippen LogP contribution in [0, 0.1) is 0 Å². The van der Waals surface area contributed by atoms with Crippen molar-refractivity contribution >= 4 is 17.0 Å². The summed E-state index contributed by atoms with van der Waals surface area (Å²) in [6.45, 7) is 0.942. The van der Waals surface area contributed by atoms with Gasteiger partial charge in [-0.25, -0.2) is 15.0 Å². The summed E-state index contributed by atoms with van der Waals surface area (Å²) in [4.78, 5) is 12.6. The standard InChI is InChI=1S/C22H33N5O11/c1-9(6-36-22-18(35)16(33)14(31)11(5-29)38-22)2-3-23-19-12-20(25-7-24-19)27(8-26-12)21-17(34)15(32)13(30)10(4-28)37-21/h2,7-8,10-11,13-18,21-22,28-35H,3-6H2,1H3,(H,23,24,25)/b9-2+/t10-,11-,13-,14-,15+,16+,17-,18-,21-,22+/m1/s1. The van der Waals surface area contributed by atoms with Gasteiger partial charge in [0.05, 0.1) is 26.1 Å². The number of hydrogen-bond acceptors (Lipinski definition) is 15. The largest absolute Gasteiger partial charge is 0.394 e. The molecular weight excluding hydrogens is 510 g/mol. The molecule has 2 aliphatic rings. The number of rotatable bonds is 9. The molecule has 9 N–H and O–H groups in total. The number of anilines is 1. The third kappa shape index (κ3) is 5.65. The molecule has 4 heterocycles. The molecule has 16 nitrogen and oxygen atoms in total. The molecule has 38 heavy (non-hydrogen) atoms.